The fraction of sp³-hybridized carbons (Fsp3) is 0.179. The first kappa shape index (κ1) is 23.2. The van der Waals surface area contributed by atoms with Crippen LogP contribution in [0.25, 0.3) is 33.9 Å². The number of aromatic nitrogens is 4. The molecule has 0 aliphatic heterocycles. The van der Waals surface area contributed by atoms with E-state index in [9.17, 15) is 9.59 Å². The molecule has 8 heteroatoms. The Kier molecular flexibility index (Phi) is 6.16. The van der Waals surface area contributed by atoms with E-state index in [1.807, 2.05) is 62.4 Å². The molecule has 180 valence electrons. The predicted octanol–water partition coefficient (Wildman–Crippen LogP) is 4.93. The molecule has 1 N–H and O–H groups in total. The van der Waals surface area contributed by atoms with Gasteiger partial charge in [-0.1, -0.05) is 48.5 Å². The smallest absolute Gasteiger partial charge is 0.263 e. The van der Waals surface area contributed by atoms with Gasteiger partial charge in [-0.15, -0.1) is 0 Å². The molecule has 0 aliphatic rings. The molecule has 0 aliphatic carbocycles. The molecule has 0 bridgehead atoms. The van der Waals surface area contributed by atoms with Gasteiger partial charge in [0.2, 0.25) is 17.2 Å². The maximum atomic E-state index is 13.4. The van der Waals surface area contributed by atoms with Crippen molar-refractivity contribution in [2.45, 2.75) is 33.7 Å². The second kappa shape index (κ2) is 9.58. The van der Waals surface area contributed by atoms with E-state index < -0.39 is 0 Å². The number of amides is 1. The van der Waals surface area contributed by atoms with E-state index in [0.717, 1.165) is 23.2 Å². The summed E-state index contributed by atoms with van der Waals surface area (Å²) in [7, 11) is 0. The minimum absolute atomic E-state index is 0.0471. The summed E-state index contributed by atoms with van der Waals surface area (Å²) in [6.07, 6.45) is 2.48. The summed E-state index contributed by atoms with van der Waals surface area (Å²) < 4.78 is 7.14. The molecule has 36 heavy (non-hydrogen) atoms. The highest BCUT2D eigenvalue weighted by molar-refractivity contribution is 5.92. The lowest BCUT2D eigenvalue weighted by Gasteiger charge is -2.12. The van der Waals surface area contributed by atoms with Crippen LogP contribution in [0.1, 0.15) is 23.7 Å². The minimum atomic E-state index is -0.288. The summed E-state index contributed by atoms with van der Waals surface area (Å²) in [4.78, 5) is 35.3. The van der Waals surface area contributed by atoms with Crippen molar-refractivity contribution < 1.29 is 9.32 Å². The van der Waals surface area contributed by atoms with Crippen LogP contribution in [0.3, 0.4) is 0 Å². The summed E-state index contributed by atoms with van der Waals surface area (Å²) in [5.74, 6) is 0.235. The van der Waals surface area contributed by atoms with Crippen LogP contribution in [-0.2, 0) is 17.8 Å². The van der Waals surface area contributed by atoms with E-state index in [1.54, 1.807) is 22.9 Å². The third-order valence-electron chi connectivity index (χ3n) is 6.06. The zero-order valence-electron chi connectivity index (χ0n) is 20.3. The number of nitrogens with zero attached hydrogens (tertiary/aromatic N) is 4. The predicted molar refractivity (Wildman–Crippen MR) is 139 cm³/mol. The molecule has 0 spiro atoms. The molecule has 3 aromatic heterocycles. The van der Waals surface area contributed by atoms with Gasteiger partial charge in [0, 0.05) is 23.1 Å². The van der Waals surface area contributed by atoms with Crippen LogP contribution in [0.2, 0.25) is 0 Å². The Bertz CT molecular complexity index is 1630. The highest BCUT2D eigenvalue weighted by Crippen LogP contribution is 2.24. The molecule has 0 radical (unpaired) electrons. The SMILES string of the molecule is CCc1ccc(NC(=O)Cn2cc(-c3nc(-c4ccccc4C)no3)c(=O)c3ccc(C)nc32)cc1. The molecule has 2 aromatic carbocycles. The molecule has 0 saturated heterocycles. The highest BCUT2D eigenvalue weighted by Gasteiger charge is 2.19. The van der Waals surface area contributed by atoms with Crippen LogP contribution in [-0.4, -0.2) is 25.6 Å². The zero-order chi connectivity index (χ0) is 25.2. The van der Waals surface area contributed by atoms with Crippen molar-refractivity contribution in [1.29, 1.82) is 0 Å². The summed E-state index contributed by atoms with van der Waals surface area (Å²) >= 11 is 0. The molecule has 1 amide bonds. The number of fused-ring (bicyclic) bond motifs is 1. The first-order chi connectivity index (χ1) is 17.4. The van der Waals surface area contributed by atoms with Crippen LogP contribution >= 0.6 is 0 Å². The normalized spacial score (nSPS) is 11.1. The van der Waals surface area contributed by atoms with Gasteiger partial charge in [-0.2, -0.15) is 4.98 Å². The standard InChI is InChI=1S/C28H25N5O3/c1-4-19-10-12-20(13-11-19)30-24(34)16-33-15-23(25(35)22-14-9-18(3)29-27(22)33)28-31-26(32-36-28)21-8-6-5-7-17(21)2/h5-15H,4,16H2,1-3H3,(H,30,34). The third-order valence-corrected chi connectivity index (χ3v) is 6.06. The molecule has 0 saturated carbocycles. The number of carbonyl (C=O) groups is 1. The number of nitrogens with one attached hydrogen (secondary N) is 1. The Hall–Kier alpha value is -4.59. The fourth-order valence-corrected chi connectivity index (χ4v) is 4.08. The van der Waals surface area contributed by atoms with Crippen molar-refractivity contribution in [3.63, 3.8) is 0 Å². The molecule has 5 rings (SSSR count). The van der Waals surface area contributed by atoms with Gasteiger partial charge in [-0.05, 0) is 55.7 Å². The summed E-state index contributed by atoms with van der Waals surface area (Å²) in [6.45, 7) is 5.82. The topological polar surface area (TPSA) is 103 Å². The average Bonchev–Trinajstić information content (AvgIpc) is 3.36. The first-order valence-corrected chi connectivity index (χ1v) is 11.7. The minimum Gasteiger partial charge on any atom is -0.333 e. The number of pyridine rings is 2. The van der Waals surface area contributed by atoms with Crippen LogP contribution < -0.4 is 10.7 Å². The van der Waals surface area contributed by atoms with E-state index in [1.165, 1.54) is 5.56 Å². The Balaban J connectivity index is 1.53. The van der Waals surface area contributed by atoms with Gasteiger partial charge < -0.3 is 14.4 Å². The number of carbonyl (C=O) groups excluding carboxylic acids is 1. The maximum absolute atomic E-state index is 13.4. The number of hydrogen-bond donors (Lipinski definition) is 1. The van der Waals surface area contributed by atoms with Crippen molar-refractivity contribution in [2.24, 2.45) is 0 Å². The molecule has 0 atom stereocenters. The third kappa shape index (κ3) is 4.53. The molecule has 3 heterocycles. The van der Waals surface area contributed by atoms with Crippen LogP contribution in [0.4, 0.5) is 5.69 Å². The molecular formula is C28H25N5O3. The second-order valence-electron chi connectivity index (χ2n) is 8.66. The lowest BCUT2D eigenvalue weighted by Crippen LogP contribution is -2.22. The quantitative estimate of drug-likeness (QED) is 0.370. The van der Waals surface area contributed by atoms with Gasteiger partial charge in [-0.25, -0.2) is 4.98 Å². The van der Waals surface area contributed by atoms with Gasteiger partial charge in [0.15, 0.2) is 0 Å². The van der Waals surface area contributed by atoms with Crippen molar-refractivity contribution >= 4 is 22.6 Å². The number of hydrogen-bond acceptors (Lipinski definition) is 6. The number of anilines is 1. The van der Waals surface area contributed by atoms with E-state index >= 15 is 0 Å². The van der Waals surface area contributed by atoms with Crippen LogP contribution in [0, 0.1) is 13.8 Å². The van der Waals surface area contributed by atoms with E-state index in [4.69, 9.17) is 4.52 Å². The average molecular weight is 480 g/mol. The van der Waals surface area contributed by atoms with Gasteiger partial charge in [0.05, 0.1) is 5.39 Å². The van der Waals surface area contributed by atoms with Gasteiger partial charge >= 0.3 is 0 Å². The Labute approximate surface area is 207 Å². The van der Waals surface area contributed by atoms with Crippen molar-refractivity contribution in [3.8, 4) is 22.8 Å². The Morgan fingerprint density at radius 2 is 1.75 bits per heavy atom. The highest BCUT2D eigenvalue weighted by atomic mass is 16.5. The van der Waals surface area contributed by atoms with E-state index in [2.05, 4.69) is 27.4 Å². The van der Waals surface area contributed by atoms with Crippen molar-refractivity contribution in [1.82, 2.24) is 19.7 Å². The largest absolute Gasteiger partial charge is 0.333 e. The molecule has 0 fully saturated rings. The van der Waals surface area contributed by atoms with Gasteiger partial charge in [0.25, 0.3) is 5.89 Å². The first-order valence-electron chi connectivity index (χ1n) is 11.7. The summed E-state index contributed by atoms with van der Waals surface area (Å²) in [5.41, 5.74) is 4.77. The number of benzene rings is 2. The Morgan fingerprint density at radius 3 is 2.50 bits per heavy atom. The second-order valence-corrected chi connectivity index (χ2v) is 8.66. The lowest BCUT2D eigenvalue weighted by molar-refractivity contribution is -0.116. The number of aryl methyl sites for hydroxylation is 3. The fourth-order valence-electron chi connectivity index (χ4n) is 4.08. The van der Waals surface area contributed by atoms with E-state index in [0.29, 0.717) is 22.5 Å². The molecule has 8 nitrogen and oxygen atoms in total. The maximum Gasteiger partial charge on any atom is 0.263 e. The molecular weight excluding hydrogens is 454 g/mol. The van der Waals surface area contributed by atoms with Crippen LogP contribution in [0.15, 0.2) is 76.2 Å². The summed E-state index contributed by atoms with van der Waals surface area (Å²) in [5, 5.41) is 7.37. The molecule has 5 aromatic rings. The van der Waals surface area contributed by atoms with Gasteiger partial charge in [0.1, 0.15) is 17.8 Å². The van der Waals surface area contributed by atoms with Crippen LogP contribution in [0.5, 0.6) is 0 Å². The Morgan fingerprint density at radius 1 is 0.972 bits per heavy atom. The van der Waals surface area contributed by atoms with Crippen molar-refractivity contribution in [2.75, 3.05) is 5.32 Å². The molecule has 0 unspecified atom stereocenters. The zero-order valence-corrected chi connectivity index (χ0v) is 20.3. The lowest BCUT2D eigenvalue weighted by atomic mass is 10.1. The summed E-state index contributed by atoms with van der Waals surface area (Å²) in [6, 6.07) is 18.9. The van der Waals surface area contributed by atoms with Crippen molar-refractivity contribution in [3.05, 3.63) is 93.9 Å². The number of rotatable bonds is 6. The monoisotopic (exact) mass is 479 g/mol. The van der Waals surface area contributed by atoms with Gasteiger partial charge in [-0.3, -0.25) is 9.59 Å². The van der Waals surface area contributed by atoms with E-state index in [-0.39, 0.29) is 29.3 Å².